The summed E-state index contributed by atoms with van der Waals surface area (Å²) in [6.45, 7) is 2.38. The lowest BCUT2D eigenvalue weighted by Crippen LogP contribution is -2.30. The van der Waals surface area contributed by atoms with E-state index in [9.17, 15) is 4.79 Å². The molecule has 1 rings (SSSR count). The third kappa shape index (κ3) is 4.97. The zero-order chi connectivity index (χ0) is 14.3. The van der Waals surface area contributed by atoms with Crippen molar-refractivity contribution >= 4 is 39.1 Å². The second-order valence-electron chi connectivity index (χ2n) is 3.49. The fourth-order valence-corrected chi connectivity index (χ4v) is 2.28. The molecule has 5 nitrogen and oxygen atoms in total. The molecule has 0 atom stereocenters. The van der Waals surface area contributed by atoms with E-state index < -0.39 is 0 Å². The minimum atomic E-state index is -0.278. The minimum absolute atomic E-state index is 0.0158. The van der Waals surface area contributed by atoms with Gasteiger partial charge in [-0.1, -0.05) is 11.6 Å². The molecule has 2 N–H and O–H groups in total. The number of amides is 1. The number of ether oxygens (including phenoxy) is 1. The van der Waals surface area contributed by atoms with Crippen LogP contribution in [0.3, 0.4) is 0 Å². The van der Waals surface area contributed by atoms with Crippen LogP contribution < -0.4 is 15.4 Å². The molecule has 0 spiro atoms. The number of nitrogens with zero attached hydrogens (tertiary/aromatic N) is 1. The molecule has 0 aliphatic heterocycles. The number of carbonyl (C=O) groups excluding carboxylic acids is 1. The van der Waals surface area contributed by atoms with Gasteiger partial charge in [0.05, 0.1) is 29.4 Å². The van der Waals surface area contributed by atoms with Crippen molar-refractivity contribution in [2.45, 2.75) is 6.92 Å². The number of benzene rings is 1. The summed E-state index contributed by atoms with van der Waals surface area (Å²) in [5.41, 5.74) is 0.619. The fraction of sp³-hybridized carbons (Fsp3) is 0.333. The molecular weight excluding hydrogens is 334 g/mol. The van der Waals surface area contributed by atoms with Crippen LogP contribution in [0.15, 0.2) is 16.6 Å². The summed E-state index contributed by atoms with van der Waals surface area (Å²) in [6.07, 6.45) is 0. The topological polar surface area (TPSA) is 74.2 Å². The van der Waals surface area contributed by atoms with Crippen molar-refractivity contribution in [2.24, 2.45) is 0 Å². The van der Waals surface area contributed by atoms with Gasteiger partial charge in [0.1, 0.15) is 6.54 Å². The Hall–Kier alpha value is -1.45. The van der Waals surface area contributed by atoms with E-state index in [1.54, 1.807) is 12.1 Å². The zero-order valence-corrected chi connectivity index (χ0v) is 12.6. The number of anilines is 1. The largest absolute Gasteiger partial charge is 0.491 e. The Bertz CT molecular complexity index is 502. The van der Waals surface area contributed by atoms with E-state index >= 15 is 0 Å². The Morgan fingerprint density at radius 2 is 2.32 bits per heavy atom. The van der Waals surface area contributed by atoms with Crippen LogP contribution in [0, 0.1) is 11.3 Å². The minimum Gasteiger partial charge on any atom is -0.491 e. The van der Waals surface area contributed by atoms with Gasteiger partial charge in [-0.15, -0.1) is 0 Å². The van der Waals surface area contributed by atoms with Crippen LogP contribution in [0.4, 0.5) is 5.69 Å². The van der Waals surface area contributed by atoms with Gasteiger partial charge < -0.3 is 15.4 Å². The second kappa shape index (κ2) is 7.87. The van der Waals surface area contributed by atoms with Crippen LogP contribution in [-0.2, 0) is 4.79 Å². The third-order valence-corrected chi connectivity index (χ3v) is 2.91. The molecular formula is C12H13BrClN3O2. The molecule has 0 heterocycles. The fourth-order valence-electron chi connectivity index (χ4n) is 1.36. The number of rotatable bonds is 6. The lowest BCUT2D eigenvalue weighted by atomic mass is 10.3. The van der Waals surface area contributed by atoms with Crippen LogP contribution in [-0.4, -0.2) is 25.6 Å². The first-order valence-electron chi connectivity index (χ1n) is 5.57. The molecule has 0 saturated heterocycles. The van der Waals surface area contributed by atoms with E-state index in [4.69, 9.17) is 21.6 Å². The molecule has 19 heavy (non-hydrogen) atoms. The van der Waals surface area contributed by atoms with Crippen LogP contribution in [0.1, 0.15) is 6.92 Å². The highest BCUT2D eigenvalue weighted by Gasteiger charge is 2.11. The van der Waals surface area contributed by atoms with Crippen LogP contribution in [0.5, 0.6) is 5.75 Å². The first-order chi connectivity index (χ1) is 9.08. The Kier molecular flexibility index (Phi) is 6.46. The predicted octanol–water partition coefficient (Wildman–Crippen LogP) is 2.55. The Balaban J connectivity index is 2.76. The molecule has 102 valence electrons. The molecule has 0 radical (unpaired) electrons. The van der Waals surface area contributed by atoms with Crippen molar-refractivity contribution < 1.29 is 9.53 Å². The summed E-state index contributed by atoms with van der Waals surface area (Å²) >= 11 is 9.31. The van der Waals surface area contributed by atoms with Crippen LogP contribution >= 0.6 is 27.5 Å². The predicted molar refractivity (Wildman–Crippen MR) is 77.4 cm³/mol. The van der Waals surface area contributed by atoms with Gasteiger partial charge in [0.2, 0.25) is 5.91 Å². The third-order valence-electron chi connectivity index (χ3n) is 2.10. The van der Waals surface area contributed by atoms with Crippen LogP contribution in [0.25, 0.3) is 0 Å². The summed E-state index contributed by atoms with van der Waals surface area (Å²) in [6, 6.07) is 5.22. The van der Waals surface area contributed by atoms with Crippen molar-refractivity contribution in [3.63, 3.8) is 0 Å². The second-order valence-corrected chi connectivity index (χ2v) is 4.78. The molecule has 0 saturated carbocycles. The van der Waals surface area contributed by atoms with Crippen molar-refractivity contribution in [3.05, 3.63) is 21.6 Å². The lowest BCUT2D eigenvalue weighted by Gasteiger charge is -2.14. The molecule has 1 amide bonds. The van der Waals surface area contributed by atoms with Gasteiger partial charge >= 0.3 is 0 Å². The number of halogens is 2. The SMILES string of the molecule is CCOc1c(Br)cc(Cl)cc1NCC(=O)NCC#N. The maximum absolute atomic E-state index is 11.4. The summed E-state index contributed by atoms with van der Waals surface area (Å²) in [4.78, 5) is 11.4. The smallest absolute Gasteiger partial charge is 0.240 e. The van der Waals surface area contributed by atoms with Crippen molar-refractivity contribution in [2.75, 3.05) is 25.0 Å². The Labute approximate surface area is 125 Å². The first-order valence-corrected chi connectivity index (χ1v) is 6.75. The molecule has 0 fully saturated rings. The van der Waals surface area contributed by atoms with E-state index in [0.29, 0.717) is 27.5 Å². The van der Waals surface area contributed by atoms with E-state index in [1.165, 1.54) is 0 Å². The van der Waals surface area contributed by atoms with Gasteiger partial charge in [-0.25, -0.2) is 0 Å². The highest BCUT2D eigenvalue weighted by Crippen LogP contribution is 2.36. The molecule has 7 heteroatoms. The standard InChI is InChI=1S/C12H13BrClN3O2/c1-2-19-12-9(13)5-8(14)6-10(12)17-7-11(18)16-4-3-15/h5-6,17H,2,4,7H2,1H3,(H,16,18). The van der Waals surface area contributed by atoms with E-state index in [2.05, 4.69) is 26.6 Å². The molecule has 1 aromatic carbocycles. The average Bonchev–Trinajstić information content (AvgIpc) is 2.37. The first kappa shape index (κ1) is 15.6. The highest BCUT2D eigenvalue weighted by atomic mass is 79.9. The normalized spacial score (nSPS) is 9.58. The summed E-state index contributed by atoms with van der Waals surface area (Å²) < 4.78 is 6.19. The highest BCUT2D eigenvalue weighted by molar-refractivity contribution is 9.10. The van der Waals surface area contributed by atoms with Gasteiger partial charge in [-0.3, -0.25) is 4.79 Å². The Morgan fingerprint density at radius 1 is 1.58 bits per heavy atom. The van der Waals surface area contributed by atoms with Crippen LogP contribution in [0.2, 0.25) is 5.02 Å². The van der Waals surface area contributed by atoms with E-state index in [0.717, 1.165) is 0 Å². The van der Waals surface area contributed by atoms with E-state index in [1.807, 2.05) is 13.0 Å². The van der Waals surface area contributed by atoms with Crippen molar-refractivity contribution in [1.29, 1.82) is 5.26 Å². The summed E-state index contributed by atoms with van der Waals surface area (Å²) in [5, 5.41) is 14.2. The van der Waals surface area contributed by atoms with Gasteiger partial charge in [-0.05, 0) is 35.0 Å². The average molecular weight is 347 g/mol. The molecule has 0 aliphatic carbocycles. The van der Waals surface area contributed by atoms with Gasteiger partial charge in [0, 0.05) is 5.02 Å². The molecule has 0 aromatic heterocycles. The lowest BCUT2D eigenvalue weighted by molar-refractivity contribution is -0.119. The number of carbonyl (C=O) groups is 1. The maximum Gasteiger partial charge on any atom is 0.240 e. The van der Waals surface area contributed by atoms with Gasteiger partial charge in [0.15, 0.2) is 5.75 Å². The van der Waals surface area contributed by atoms with Gasteiger partial charge in [0.25, 0.3) is 0 Å². The van der Waals surface area contributed by atoms with Crippen molar-refractivity contribution in [1.82, 2.24) is 5.32 Å². The summed E-state index contributed by atoms with van der Waals surface area (Å²) in [7, 11) is 0. The monoisotopic (exact) mass is 345 g/mol. The number of nitrogens with one attached hydrogen (secondary N) is 2. The summed E-state index contributed by atoms with van der Waals surface area (Å²) in [5.74, 6) is 0.320. The maximum atomic E-state index is 11.4. The molecule has 1 aromatic rings. The zero-order valence-electron chi connectivity index (χ0n) is 10.3. The van der Waals surface area contributed by atoms with Gasteiger partial charge in [-0.2, -0.15) is 5.26 Å². The molecule has 0 bridgehead atoms. The number of hydrogen-bond donors (Lipinski definition) is 2. The quantitative estimate of drug-likeness (QED) is 0.776. The number of hydrogen-bond acceptors (Lipinski definition) is 4. The Morgan fingerprint density at radius 3 is 2.95 bits per heavy atom. The number of nitriles is 1. The van der Waals surface area contributed by atoms with E-state index in [-0.39, 0.29) is 19.0 Å². The molecule has 0 unspecified atom stereocenters. The molecule has 0 aliphatic rings. The van der Waals surface area contributed by atoms with Crippen molar-refractivity contribution in [3.8, 4) is 11.8 Å².